The number of imidazole rings is 1. The van der Waals surface area contributed by atoms with Gasteiger partial charge in [-0.05, 0) is 16.7 Å². The molecule has 2 aromatic heterocycles. The van der Waals surface area contributed by atoms with Gasteiger partial charge in [-0.1, -0.05) is 91.0 Å². The molecule has 3 aromatic carbocycles. The predicted octanol–water partition coefficient (Wildman–Crippen LogP) is 3.70. The van der Waals surface area contributed by atoms with Crippen molar-refractivity contribution in [3.05, 3.63) is 131 Å². The molecular weight excluding hydrogens is 508 g/mol. The van der Waals surface area contributed by atoms with Crippen LogP contribution >= 0.6 is 0 Å². The van der Waals surface area contributed by atoms with E-state index >= 15 is 0 Å². The molecular formula is C31H30N4O5. The summed E-state index contributed by atoms with van der Waals surface area (Å²) in [5.41, 5.74) is 3.29. The van der Waals surface area contributed by atoms with E-state index in [-0.39, 0.29) is 17.7 Å². The molecule has 5 aromatic rings. The number of aromatic nitrogens is 4. The van der Waals surface area contributed by atoms with Crippen LogP contribution in [0, 0.1) is 0 Å². The van der Waals surface area contributed by atoms with E-state index in [1.54, 1.807) is 4.57 Å². The lowest BCUT2D eigenvalue weighted by Crippen LogP contribution is -2.36. The van der Waals surface area contributed by atoms with Gasteiger partial charge in [-0.2, -0.15) is 0 Å². The molecule has 0 radical (unpaired) electrons. The topological polar surface area (TPSA) is 101 Å². The average Bonchev–Trinajstić information content (AvgIpc) is 3.56. The number of ether oxygens (including phenoxy) is 3. The van der Waals surface area contributed by atoms with Crippen molar-refractivity contribution in [2.75, 3.05) is 6.61 Å². The molecule has 1 aliphatic rings. The fourth-order valence-electron chi connectivity index (χ4n) is 4.95. The molecule has 1 aliphatic heterocycles. The Kier molecular flexibility index (Phi) is 7.78. The first-order valence-corrected chi connectivity index (χ1v) is 13.2. The molecule has 0 amide bonds. The minimum Gasteiger partial charge on any atom is -0.386 e. The van der Waals surface area contributed by atoms with Gasteiger partial charge in [0.2, 0.25) is 0 Å². The van der Waals surface area contributed by atoms with Crippen LogP contribution < -0.4 is 5.56 Å². The summed E-state index contributed by atoms with van der Waals surface area (Å²) in [7, 11) is 0. The Balaban J connectivity index is 1.23. The van der Waals surface area contributed by atoms with E-state index in [0.29, 0.717) is 25.4 Å². The number of aliphatic hydroxyl groups excluding tert-OH is 1. The lowest BCUT2D eigenvalue weighted by Gasteiger charge is -2.21. The summed E-state index contributed by atoms with van der Waals surface area (Å²) in [5.74, 6) is 0. The van der Waals surface area contributed by atoms with E-state index < -0.39 is 24.5 Å². The lowest BCUT2D eigenvalue weighted by molar-refractivity contribution is -0.0822. The van der Waals surface area contributed by atoms with Gasteiger partial charge in [-0.3, -0.25) is 13.9 Å². The molecule has 40 heavy (non-hydrogen) atoms. The van der Waals surface area contributed by atoms with Crippen LogP contribution in [0.2, 0.25) is 0 Å². The number of rotatable bonds is 10. The van der Waals surface area contributed by atoms with Gasteiger partial charge in [0.1, 0.15) is 24.6 Å². The van der Waals surface area contributed by atoms with Crippen molar-refractivity contribution < 1.29 is 19.3 Å². The Morgan fingerprint density at radius 3 is 2.10 bits per heavy atom. The van der Waals surface area contributed by atoms with Crippen LogP contribution in [0.1, 0.15) is 22.9 Å². The molecule has 0 bridgehead atoms. The van der Waals surface area contributed by atoms with Crippen LogP contribution in [0.3, 0.4) is 0 Å². The van der Waals surface area contributed by atoms with Crippen LogP contribution in [0.4, 0.5) is 0 Å². The molecule has 9 nitrogen and oxygen atoms in total. The second kappa shape index (κ2) is 11.9. The van der Waals surface area contributed by atoms with E-state index in [2.05, 4.69) is 9.97 Å². The van der Waals surface area contributed by atoms with Crippen molar-refractivity contribution >= 4 is 11.2 Å². The van der Waals surface area contributed by atoms with Gasteiger partial charge in [0.25, 0.3) is 5.56 Å². The average molecular weight is 539 g/mol. The van der Waals surface area contributed by atoms with Crippen LogP contribution in [0.5, 0.6) is 0 Å². The van der Waals surface area contributed by atoms with Gasteiger partial charge in [-0.15, -0.1) is 0 Å². The van der Waals surface area contributed by atoms with Gasteiger partial charge in [0.05, 0.1) is 32.7 Å². The van der Waals surface area contributed by atoms with Crippen molar-refractivity contribution in [2.24, 2.45) is 0 Å². The van der Waals surface area contributed by atoms with Crippen LogP contribution in [0.15, 0.2) is 108 Å². The van der Waals surface area contributed by atoms with E-state index in [1.165, 1.54) is 17.2 Å². The fourth-order valence-corrected chi connectivity index (χ4v) is 4.95. The number of nitrogens with zero attached hydrogens (tertiary/aromatic N) is 4. The number of aliphatic hydroxyl groups is 1. The van der Waals surface area contributed by atoms with Crippen molar-refractivity contribution in [1.82, 2.24) is 19.1 Å². The second-order valence-electron chi connectivity index (χ2n) is 9.80. The van der Waals surface area contributed by atoms with Crippen molar-refractivity contribution in [1.29, 1.82) is 0 Å². The minimum atomic E-state index is -1.04. The Labute approximate surface area is 231 Å². The SMILES string of the molecule is O=c1c2ncn([C@@H]3O[C@H](COCc4ccccc4)[C@@H](OCc4ccccc4)[C@H]3O)c2ncn1Cc1ccccc1. The van der Waals surface area contributed by atoms with E-state index in [9.17, 15) is 9.90 Å². The molecule has 1 fully saturated rings. The molecule has 0 unspecified atom stereocenters. The molecule has 4 atom stereocenters. The summed E-state index contributed by atoms with van der Waals surface area (Å²) in [4.78, 5) is 22.1. The van der Waals surface area contributed by atoms with Crippen molar-refractivity contribution in [2.45, 2.75) is 44.3 Å². The maximum Gasteiger partial charge on any atom is 0.281 e. The second-order valence-corrected chi connectivity index (χ2v) is 9.80. The zero-order chi connectivity index (χ0) is 27.3. The first-order valence-electron chi connectivity index (χ1n) is 13.2. The third-order valence-electron chi connectivity index (χ3n) is 7.01. The van der Waals surface area contributed by atoms with Gasteiger partial charge in [0.15, 0.2) is 17.4 Å². The predicted molar refractivity (Wildman–Crippen MR) is 148 cm³/mol. The highest BCUT2D eigenvalue weighted by atomic mass is 16.6. The molecule has 204 valence electrons. The Hall–Kier alpha value is -4.15. The van der Waals surface area contributed by atoms with Gasteiger partial charge in [0, 0.05) is 0 Å². The summed E-state index contributed by atoms with van der Waals surface area (Å²) in [6, 6.07) is 29.3. The van der Waals surface area contributed by atoms with Crippen LogP contribution in [0.25, 0.3) is 11.2 Å². The molecule has 1 N–H and O–H groups in total. The highest BCUT2D eigenvalue weighted by Gasteiger charge is 2.46. The number of benzene rings is 3. The molecule has 6 rings (SSSR count). The minimum absolute atomic E-state index is 0.208. The molecule has 1 saturated heterocycles. The molecule has 0 saturated carbocycles. The zero-order valence-corrected chi connectivity index (χ0v) is 21.8. The molecule has 3 heterocycles. The van der Waals surface area contributed by atoms with Gasteiger partial charge < -0.3 is 19.3 Å². The summed E-state index contributed by atoms with van der Waals surface area (Å²) in [6.45, 7) is 1.31. The number of fused-ring (bicyclic) bond motifs is 1. The summed E-state index contributed by atoms with van der Waals surface area (Å²) in [6.07, 6.45) is -0.129. The van der Waals surface area contributed by atoms with E-state index in [1.807, 2.05) is 91.0 Å². The third kappa shape index (κ3) is 5.59. The fraction of sp³-hybridized carbons (Fsp3) is 0.258. The Bertz CT molecular complexity index is 1590. The Morgan fingerprint density at radius 1 is 0.800 bits per heavy atom. The maximum absolute atomic E-state index is 13.2. The Morgan fingerprint density at radius 2 is 1.43 bits per heavy atom. The molecule has 9 heteroatoms. The quantitative estimate of drug-likeness (QED) is 0.289. The largest absolute Gasteiger partial charge is 0.386 e. The summed E-state index contributed by atoms with van der Waals surface area (Å²) in [5, 5.41) is 11.4. The smallest absolute Gasteiger partial charge is 0.281 e. The van der Waals surface area contributed by atoms with Crippen molar-refractivity contribution in [3.8, 4) is 0 Å². The first-order chi connectivity index (χ1) is 19.7. The van der Waals surface area contributed by atoms with E-state index in [4.69, 9.17) is 14.2 Å². The van der Waals surface area contributed by atoms with E-state index in [0.717, 1.165) is 16.7 Å². The standard InChI is InChI=1S/C31H30N4O5/c36-27-28(39-18-24-14-8-3-9-15-24)25(19-38-17-23-12-6-2-7-13-23)40-31(27)35-21-32-26-29(35)33-20-34(30(26)37)16-22-10-4-1-5-11-22/h1-15,20-21,25,27-28,31,36H,16-19H2/t25-,27-,28-,31-/m1/s1. The van der Waals surface area contributed by atoms with Crippen LogP contribution in [-0.2, 0) is 34.0 Å². The molecule has 0 spiro atoms. The lowest BCUT2D eigenvalue weighted by atomic mass is 10.1. The molecule has 0 aliphatic carbocycles. The van der Waals surface area contributed by atoms with Crippen molar-refractivity contribution in [3.63, 3.8) is 0 Å². The maximum atomic E-state index is 13.2. The van der Waals surface area contributed by atoms with Gasteiger partial charge >= 0.3 is 0 Å². The summed E-state index contributed by atoms with van der Waals surface area (Å²) >= 11 is 0. The van der Waals surface area contributed by atoms with Gasteiger partial charge in [-0.25, -0.2) is 9.97 Å². The normalized spacial score (nSPS) is 20.7. The third-order valence-corrected chi connectivity index (χ3v) is 7.01. The zero-order valence-electron chi connectivity index (χ0n) is 21.8. The monoisotopic (exact) mass is 538 g/mol. The first kappa shape index (κ1) is 26.1. The summed E-state index contributed by atoms with van der Waals surface area (Å²) < 4.78 is 21.6. The highest BCUT2D eigenvalue weighted by molar-refractivity contribution is 5.69. The van der Waals surface area contributed by atoms with Crippen LogP contribution in [-0.4, -0.2) is 49.1 Å². The number of hydrogen-bond donors (Lipinski definition) is 1. The number of hydrogen-bond acceptors (Lipinski definition) is 7. The highest BCUT2D eigenvalue weighted by Crippen LogP contribution is 2.33.